The highest BCUT2D eigenvalue weighted by Gasteiger charge is 2.27. The number of para-hydroxylation sites is 1. The van der Waals surface area contributed by atoms with Crippen molar-refractivity contribution in [1.29, 1.82) is 5.26 Å². The molecular weight excluding hydrogens is 314 g/mol. The van der Waals surface area contributed by atoms with E-state index in [2.05, 4.69) is 21.3 Å². The summed E-state index contributed by atoms with van der Waals surface area (Å²) in [6, 6.07) is 9.97. The molecule has 3 N–H and O–H groups in total. The first-order valence-electron chi connectivity index (χ1n) is 8.21. The largest absolute Gasteiger partial charge is 0.493 e. The number of hydrogen-bond acceptors (Lipinski definition) is 5. The maximum Gasteiger partial charge on any atom is 0.142 e. The van der Waals surface area contributed by atoms with Crippen LogP contribution in [0.3, 0.4) is 0 Å². The number of nitrogen functional groups attached to an aromatic ring is 1. The summed E-state index contributed by atoms with van der Waals surface area (Å²) in [5, 5.41) is 16.9. The molecule has 0 amide bonds. The smallest absolute Gasteiger partial charge is 0.142 e. The van der Waals surface area contributed by atoms with E-state index >= 15 is 0 Å². The quantitative estimate of drug-likeness (QED) is 0.768. The standard InChI is InChI=1S/C19H17N5O/c1-2-25-16-6-4-3-5-11(16)17-12-7-8-15-14(10-22-24-15)18(12)23-19(21)13(17)9-20/h3-6,10H,2,7-8H2,1H3,(H2,21,23)(H,22,24). The summed E-state index contributed by atoms with van der Waals surface area (Å²) in [4.78, 5) is 4.51. The van der Waals surface area contributed by atoms with Crippen molar-refractivity contribution >= 4 is 5.82 Å². The third-order valence-electron chi connectivity index (χ3n) is 4.49. The average Bonchev–Trinajstić information content (AvgIpc) is 3.11. The number of H-pyrrole nitrogens is 1. The molecule has 6 nitrogen and oxygen atoms in total. The van der Waals surface area contributed by atoms with Crippen molar-refractivity contribution in [3.05, 3.63) is 47.3 Å². The van der Waals surface area contributed by atoms with Crippen LogP contribution in [0.4, 0.5) is 5.82 Å². The number of nitrogens with one attached hydrogen (secondary N) is 1. The SMILES string of the molecule is CCOc1ccccc1-c1c(C#N)c(N)nc2c1CCc1[nH]ncc1-2. The Morgan fingerprint density at radius 2 is 2.12 bits per heavy atom. The Hall–Kier alpha value is -3.33. The summed E-state index contributed by atoms with van der Waals surface area (Å²) in [5.74, 6) is 0.976. The molecule has 1 aliphatic rings. The van der Waals surface area contributed by atoms with E-state index in [1.165, 1.54) is 0 Å². The van der Waals surface area contributed by atoms with Crippen molar-refractivity contribution < 1.29 is 4.74 Å². The van der Waals surface area contributed by atoms with E-state index in [0.717, 1.165) is 52.2 Å². The molecule has 0 atom stereocenters. The van der Waals surface area contributed by atoms with Crippen LogP contribution in [-0.4, -0.2) is 21.8 Å². The molecule has 0 saturated carbocycles. The number of anilines is 1. The van der Waals surface area contributed by atoms with E-state index in [-0.39, 0.29) is 5.82 Å². The van der Waals surface area contributed by atoms with Gasteiger partial charge in [0.15, 0.2) is 0 Å². The summed E-state index contributed by atoms with van der Waals surface area (Å²) < 4.78 is 5.79. The minimum atomic E-state index is 0.233. The van der Waals surface area contributed by atoms with Crippen molar-refractivity contribution in [2.45, 2.75) is 19.8 Å². The molecule has 2 aromatic heterocycles. The fourth-order valence-electron chi connectivity index (χ4n) is 3.43. The number of aromatic amines is 1. The molecule has 1 aromatic carbocycles. The van der Waals surface area contributed by atoms with E-state index in [1.54, 1.807) is 6.20 Å². The molecule has 0 radical (unpaired) electrons. The van der Waals surface area contributed by atoms with Gasteiger partial charge in [0.05, 0.1) is 18.5 Å². The van der Waals surface area contributed by atoms with E-state index in [9.17, 15) is 5.26 Å². The third kappa shape index (κ3) is 2.32. The van der Waals surface area contributed by atoms with Crippen LogP contribution in [0.1, 0.15) is 23.7 Å². The van der Waals surface area contributed by atoms with Gasteiger partial charge < -0.3 is 10.5 Å². The average molecular weight is 331 g/mol. The van der Waals surface area contributed by atoms with Gasteiger partial charge in [-0.2, -0.15) is 10.4 Å². The Morgan fingerprint density at radius 1 is 1.28 bits per heavy atom. The van der Waals surface area contributed by atoms with Crippen LogP contribution in [0.2, 0.25) is 0 Å². The monoisotopic (exact) mass is 331 g/mol. The first-order valence-corrected chi connectivity index (χ1v) is 8.21. The zero-order valence-corrected chi connectivity index (χ0v) is 13.8. The Bertz CT molecular complexity index is 1000. The second kappa shape index (κ2) is 5.95. The lowest BCUT2D eigenvalue weighted by atomic mass is 9.85. The molecule has 2 heterocycles. The van der Waals surface area contributed by atoms with Crippen LogP contribution in [0.25, 0.3) is 22.4 Å². The summed E-state index contributed by atoms with van der Waals surface area (Å²) in [7, 11) is 0. The van der Waals surface area contributed by atoms with Gasteiger partial charge >= 0.3 is 0 Å². The van der Waals surface area contributed by atoms with Crippen LogP contribution < -0.4 is 10.5 Å². The third-order valence-corrected chi connectivity index (χ3v) is 4.49. The van der Waals surface area contributed by atoms with Gasteiger partial charge in [-0.25, -0.2) is 4.98 Å². The topological polar surface area (TPSA) is 101 Å². The van der Waals surface area contributed by atoms with Crippen LogP contribution >= 0.6 is 0 Å². The van der Waals surface area contributed by atoms with Crippen molar-refractivity contribution in [3.63, 3.8) is 0 Å². The predicted molar refractivity (Wildman–Crippen MR) is 95.0 cm³/mol. The molecule has 0 saturated heterocycles. The molecule has 4 rings (SSSR count). The molecule has 6 heteroatoms. The fraction of sp³-hybridized carbons (Fsp3) is 0.211. The van der Waals surface area contributed by atoms with Crippen molar-refractivity contribution in [3.8, 4) is 34.2 Å². The number of ether oxygens (including phenoxy) is 1. The number of nitriles is 1. The number of hydrogen-bond donors (Lipinski definition) is 2. The molecule has 25 heavy (non-hydrogen) atoms. The molecule has 3 aromatic rings. The molecule has 0 unspecified atom stereocenters. The van der Waals surface area contributed by atoms with Crippen molar-refractivity contribution in [2.24, 2.45) is 0 Å². The molecule has 0 aliphatic heterocycles. The van der Waals surface area contributed by atoms with Crippen LogP contribution in [-0.2, 0) is 12.8 Å². The zero-order chi connectivity index (χ0) is 17.4. The van der Waals surface area contributed by atoms with Crippen LogP contribution in [0.15, 0.2) is 30.5 Å². The Balaban J connectivity index is 2.05. The second-order valence-corrected chi connectivity index (χ2v) is 5.88. The van der Waals surface area contributed by atoms with E-state index in [0.29, 0.717) is 12.2 Å². The zero-order valence-electron chi connectivity index (χ0n) is 13.8. The van der Waals surface area contributed by atoms with E-state index in [1.807, 2.05) is 31.2 Å². The number of aryl methyl sites for hydroxylation is 1. The number of benzene rings is 1. The first kappa shape index (κ1) is 15.2. The van der Waals surface area contributed by atoms with Crippen molar-refractivity contribution in [1.82, 2.24) is 15.2 Å². The van der Waals surface area contributed by atoms with Crippen LogP contribution in [0.5, 0.6) is 5.75 Å². The van der Waals surface area contributed by atoms with Gasteiger partial charge in [-0.15, -0.1) is 0 Å². The van der Waals surface area contributed by atoms with Crippen LogP contribution in [0, 0.1) is 11.3 Å². The molecule has 0 bridgehead atoms. The number of rotatable bonds is 3. The lowest BCUT2D eigenvalue weighted by Gasteiger charge is -2.22. The minimum absolute atomic E-state index is 0.233. The maximum absolute atomic E-state index is 9.71. The van der Waals surface area contributed by atoms with Gasteiger partial charge in [-0.05, 0) is 31.4 Å². The van der Waals surface area contributed by atoms with E-state index < -0.39 is 0 Å². The Kier molecular flexibility index (Phi) is 3.62. The summed E-state index contributed by atoms with van der Waals surface area (Å²) in [6.07, 6.45) is 3.36. The number of pyridine rings is 1. The number of fused-ring (bicyclic) bond motifs is 3. The first-order chi connectivity index (χ1) is 12.2. The van der Waals surface area contributed by atoms with Gasteiger partial charge in [0.1, 0.15) is 23.2 Å². The highest BCUT2D eigenvalue weighted by molar-refractivity contribution is 5.87. The van der Waals surface area contributed by atoms with Gasteiger partial charge in [-0.3, -0.25) is 5.10 Å². The normalized spacial score (nSPS) is 12.2. The molecule has 0 spiro atoms. The lowest BCUT2D eigenvalue weighted by Crippen LogP contribution is -2.11. The number of nitrogens with zero attached hydrogens (tertiary/aromatic N) is 3. The Labute approximate surface area is 145 Å². The minimum Gasteiger partial charge on any atom is -0.493 e. The maximum atomic E-state index is 9.71. The molecular formula is C19H17N5O. The fourth-order valence-corrected chi connectivity index (χ4v) is 3.43. The van der Waals surface area contributed by atoms with Gasteiger partial charge in [0, 0.05) is 22.4 Å². The van der Waals surface area contributed by atoms with Gasteiger partial charge in [-0.1, -0.05) is 18.2 Å². The lowest BCUT2D eigenvalue weighted by molar-refractivity contribution is 0.341. The summed E-state index contributed by atoms with van der Waals surface area (Å²) in [6.45, 7) is 2.49. The molecule has 1 aliphatic carbocycles. The second-order valence-electron chi connectivity index (χ2n) is 5.88. The highest BCUT2D eigenvalue weighted by atomic mass is 16.5. The van der Waals surface area contributed by atoms with E-state index in [4.69, 9.17) is 10.5 Å². The predicted octanol–water partition coefficient (Wildman–Crippen LogP) is 3.09. The van der Waals surface area contributed by atoms with Gasteiger partial charge in [0.2, 0.25) is 0 Å². The van der Waals surface area contributed by atoms with Gasteiger partial charge in [0.25, 0.3) is 0 Å². The summed E-state index contributed by atoms with van der Waals surface area (Å²) >= 11 is 0. The summed E-state index contributed by atoms with van der Waals surface area (Å²) in [5.41, 5.74) is 12.1. The van der Waals surface area contributed by atoms with Crippen molar-refractivity contribution in [2.75, 3.05) is 12.3 Å². The Morgan fingerprint density at radius 3 is 2.92 bits per heavy atom. The highest BCUT2D eigenvalue weighted by Crippen LogP contribution is 2.43. The number of nitrogens with two attached hydrogens (primary N) is 1. The molecule has 0 fully saturated rings. The number of aromatic nitrogens is 3. The molecule has 124 valence electrons.